The second kappa shape index (κ2) is 2.48. The van der Waals surface area contributed by atoms with Gasteiger partial charge in [-0.15, -0.1) is 0 Å². The molecule has 1 heterocycles. The Balaban J connectivity index is 2.91. The lowest BCUT2D eigenvalue weighted by Gasteiger charge is -1.96. The molecule has 0 saturated carbocycles. The van der Waals surface area contributed by atoms with E-state index in [0.29, 0.717) is 5.39 Å². The van der Waals surface area contributed by atoms with Crippen molar-refractivity contribution in [2.75, 3.05) is 0 Å². The normalized spacial score (nSPS) is 10.5. The molecule has 0 amide bonds. The van der Waals surface area contributed by atoms with Crippen LogP contribution >= 0.6 is 0 Å². The Hall–Kier alpha value is -1.58. The van der Waals surface area contributed by atoms with Gasteiger partial charge in [0.1, 0.15) is 11.8 Å². The number of hydrogen-bond acceptors (Lipinski definition) is 2. The number of hydrogen-bond donors (Lipinski definition) is 0. The predicted molar refractivity (Wildman–Crippen MR) is 39.5 cm³/mol. The highest BCUT2D eigenvalue weighted by atomic mass is 19.2. The molecule has 1 aromatic carbocycles. The van der Waals surface area contributed by atoms with E-state index in [1.54, 1.807) is 0 Å². The molecular weight excluding hydrogens is 162 g/mol. The summed E-state index contributed by atoms with van der Waals surface area (Å²) in [5, 5.41) is 0.497. The van der Waals surface area contributed by atoms with Crippen LogP contribution in [0.1, 0.15) is 0 Å². The van der Waals surface area contributed by atoms with Crippen LogP contribution in [0.25, 0.3) is 10.9 Å². The van der Waals surface area contributed by atoms with Gasteiger partial charge < -0.3 is 0 Å². The molecule has 0 aliphatic carbocycles. The summed E-state index contributed by atoms with van der Waals surface area (Å²) in [4.78, 5) is 7.30. The first-order chi connectivity index (χ1) is 5.79. The molecule has 0 bridgehead atoms. The number of nitrogens with zero attached hydrogens (tertiary/aromatic N) is 2. The van der Waals surface area contributed by atoms with E-state index >= 15 is 0 Å². The summed E-state index contributed by atoms with van der Waals surface area (Å²) in [7, 11) is 0. The highest BCUT2D eigenvalue weighted by Crippen LogP contribution is 2.16. The molecule has 0 spiro atoms. The molecule has 12 heavy (non-hydrogen) atoms. The maximum Gasteiger partial charge on any atom is 0.185 e. The summed E-state index contributed by atoms with van der Waals surface area (Å²) in [6, 6.07) is 2.49. The largest absolute Gasteiger partial charge is 0.244 e. The molecule has 0 unspecified atom stereocenters. The van der Waals surface area contributed by atoms with E-state index in [9.17, 15) is 8.78 Å². The lowest BCUT2D eigenvalue weighted by Crippen LogP contribution is -1.89. The van der Waals surface area contributed by atoms with E-state index in [1.165, 1.54) is 18.6 Å². The molecule has 1 aromatic heterocycles. The molecule has 2 aromatic rings. The van der Waals surface area contributed by atoms with Crippen molar-refractivity contribution < 1.29 is 8.78 Å². The van der Waals surface area contributed by atoms with Crippen LogP contribution in [0.2, 0.25) is 0 Å². The van der Waals surface area contributed by atoms with Crippen LogP contribution in [0, 0.1) is 11.6 Å². The van der Waals surface area contributed by atoms with Gasteiger partial charge in [-0.1, -0.05) is 0 Å². The monoisotopic (exact) mass is 166 g/mol. The van der Waals surface area contributed by atoms with Gasteiger partial charge in [-0.2, -0.15) is 0 Å². The molecule has 2 nitrogen and oxygen atoms in total. The van der Waals surface area contributed by atoms with Crippen LogP contribution in [0.4, 0.5) is 8.78 Å². The minimum absolute atomic E-state index is 0.0185. The maximum atomic E-state index is 12.9. The van der Waals surface area contributed by atoms with Crippen LogP contribution in [-0.2, 0) is 0 Å². The number of fused-ring (bicyclic) bond motifs is 1. The summed E-state index contributed by atoms with van der Waals surface area (Å²) in [5.41, 5.74) is 0.0185. The first-order valence-corrected chi connectivity index (χ1v) is 3.33. The van der Waals surface area contributed by atoms with E-state index in [-0.39, 0.29) is 5.52 Å². The maximum absolute atomic E-state index is 12.9. The summed E-state index contributed by atoms with van der Waals surface area (Å²) >= 11 is 0. The molecule has 0 fully saturated rings. The zero-order valence-electron chi connectivity index (χ0n) is 5.96. The van der Waals surface area contributed by atoms with Crippen LogP contribution in [0.3, 0.4) is 0 Å². The van der Waals surface area contributed by atoms with Crippen molar-refractivity contribution in [1.29, 1.82) is 0 Å². The highest BCUT2D eigenvalue weighted by molar-refractivity contribution is 5.77. The second-order valence-corrected chi connectivity index (χ2v) is 2.32. The lowest BCUT2D eigenvalue weighted by atomic mass is 10.2. The summed E-state index contributed by atoms with van der Waals surface area (Å²) in [6.45, 7) is 0. The van der Waals surface area contributed by atoms with Crippen molar-refractivity contribution in [2.24, 2.45) is 0 Å². The third-order valence-corrected chi connectivity index (χ3v) is 1.57. The van der Waals surface area contributed by atoms with E-state index < -0.39 is 11.6 Å². The number of aromatic nitrogens is 2. The van der Waals surface area contributed by atoms with Gasteiger partial charge in [0.15, 0.2) is 11.6 Å². The van der Waals surface area contributed by atoms with Gasteiger partial charge >= 0.3 is 0 Å². The molecule has 0 N–H and O–H groups in total. The van der Waals surface area contributed by atoms with Gasteiger partial charge in [-0.05, 0) is 12.1 Å². The summed E-state index contributed by atoms with van der Waals surface area (Å²) in [6.07, 6.45) is 2.62. The third-order valence-electron chi connectivity index (χ3n) is 1.57. The van der Waals surface area contributed by atoms with Gasteiger partial charge in [0, 0.05) is 11.6 Å². The Bertz CT molecular complexity index is 428. The second-order valence-electron chi connectivity index (χ2n) is 2.32. The van der Waals surface area contributed by atoms with E-state index in [0.717, 1.165) is 6.07 Å². The molecule has 2 rings (SSSR count). The lowest BCUT2D eigenvalue weighted by molar-refractivity contribution is 0.515. The van der Waals surface area contributed by atoms with Gasteiger partial charge in [-0.3, -0.25) is 0 Å². The van der Waals surface area contributed by atoms with Gasteiger partial charge in [0.05, 0.1) is 0 Å². The topological polar surface area (TPSA) is 25.8 Å². The minimum atomic E-state index is -0.921. The minimum Gasteiger partial charge on any atom is -0.244 e. The first-order valence-electron chi connectivity index (χ1n) is 3.33. The van der Waals surface area contributed by atoms with Crippen molar-refractivity contribution in [3.05, 3.63) is 36.3 Å². The summed E-state index contributed by atoms with van der Waals surface area (Å²) < 4.78 is 25.5. The molecule has 60 valence electrons. The van der Waals surface area contributed by atoms with Gasteiger partial charge in [0.2, 0.25) is 0 Å². The van der Waals surface area contributed by atoms with E-state index in [2.05, 4.69) is 9.97 Å². The Kier molecular flexibility index (Phi) is 1.46. The average molecular weight is 166 g/mol. The van der Waals surface area contributed by atoms with E-state index in [4.69, 9.17) is 0 Å². The molecule has 0 radical (unpaired) electrons. The molecule has 0 saturated heterocycles. The van der Waals surface area contributed by atoms with E-state index in [1.807, 2.05) is 0 Å². The van der Waals surface area contributed by atoms with Crippen LogP contribution < -0.4 is 0 Å². The third kappa shape index (κ3) is 0.922. The Morgan fingerprint density at radius 1 is 1.17 bits per heavy atom. The predicted octanol–water partition coefficient (Wildman–Crippen LogP) is 1.91. The molecule has 4 heteroatoms. The van der Waals surface area contributed by atoms with Crippen molar-refractivity contribution in [2.45, 2.75) is 0 Å². The fourth-order valence-electron chi connectivity index (χ4n) is 0.995. The molecule has 0 aliphatic rings. The van der Waals surface area contributed by atoms with Crippen molar-refractivity contribution in [3.8, 4) is 0 Å². The summed E-state index contributed by atoms with van der Waals surface area (Å²) in [5.74, 6) is -1.81. The fourth-order valence-corrected chi connectivity index (χ4v) is 0.995. The van der Waals surface area contributed by atoms with Crippen molar-refractivity contribution in [3.63, 3.8) is 0 Å². The fraction of sp³-hybridized carbons (Fsp3) is 0. The molecule has 0 atom stereocenters. The number of rotatable bonds is 0. The Labute approximate surface area is 66.9 Å². The van der Waals surface area contributed by atoms with Crippen LogP contribution in [0.15, 0.2) is 24.7 Å². The molecule has 0 aliphatic heterocycles. The Morgan fingerprint density at radius 3 is 2.83 bits per heavy atom. The van der Waals surface area contributed by atoms with Crippen molar-refractivity contribution >= 4 is 10.9 Å². The zero-order valence-corrected chi connectivity index (χ0v) is 5.96. The van der Waals surface area contributed by atoms with Crippen LogP contribution in [-0.4, -0.2) is 9.97 Å². The SMILES string of the molecule is Fc1ccc2cncnc2c1F. The zero-order chi connectivity index (χ0) is 8.55. The smallest absolute Gasteiger partial charge is 0.185 e. The highest BCUT2D eigenvalue weighted by Gasteiger charge is 2.06. The standard InChI is InChI=1S/C8H4F2N2/c9-6-2-1-5-3-11-4-12-8(5)7(6)10/h1-4H. The van der Waals surface area contributed by atoms with Crippen LogP contribution in [0.5, 0.6) is 0 Å². The first kappa shape index (κ1) is 7.09. The number of benzene rings is 1. The number of halogens is 2. The van der Waals surface area contributed by atoms with Crippen molar-refractivity contribution in [1.82, 2.24) is 9.97 Å². The average Bonchev–Trinajstić information content (AvgIpc) is 2.12. The van der Waals surface area contributed by atoms with Gasteiger partial charge in [0.25, 0.3) is 0 Å². The van der Waals surface area contributed by atoms with Gasteiger partial charge in [-0.25, -0.2) is 18.7 Å². The Morgan fingerprint density at radius 2 is 2.00 bits per heavy atom. The molecular formula is C8H4F2N2. The quantitative estimate of drug-likeness (QED) is 0.597.